The fourth-order valence-electron chi connectivity index (χ4n) is 2.23. The molecule has 0 aliphatic carbocycles. The molecule has 0 radical (unpaired) electrons. The number of hydrogen-bond acceptors (Lipinski definition) is 3. The second kappa shape index (κ2) is 7.37. The molecule has 1 aromatic heterocycles. The Kier molecular flexibility index (Phi) is 6.13. The fraction of sp³-hybridized carbons (Fsp3) is 0.667. The maximum absolute atomic E-state index is 5.69. The third-order valence-electron chi connectivity index (χ3n) is 2.99. The molecule has 3 heteroatoms. The predicted octanol–water partition coefficient (Wildman–Crippen LogP) is 3.49. The second-order valence-corrected chi connectivity index (χ2v) is 4.99. The highest BCUT2D eigenvalue weighted by Gasteiger charge is 2.11. The van der Waals surface area contributed by atoms with Crippen LogP contribution in [0.25, 0.3) is 0 Å². The SMILES string of the molecule is C.CC(C)Oc1ccnc(CN2CCCCC2)c1. The molecule has 0 aromatic carbocycles. The number of pyridine rings is 1. The summed E-state index contributed by atoms with van der Waals surface area (Å²) in [4.78, 5) is 6.90. The highest BCUT2D eigenvalue weighted by atomic mass is 16.5. The first-order chi connectivity index (χ1) is 8.24. The van der Waals surface area contributed by atoms with E-state index in [4.69, 9.17) is 4.74 Å². The van der Waals surface area contributed by atoms with Gasteiger partial charge in [-0.3, -0.25) is 9.88 Å². The smallest absolute Gasteiger partial charge is 0.123 e. The molecule has 1 fully saturated rings. The van der Waals surface area contributed by atoms with Crippen LogP contribution < -0.4 is 4.74 Å². The van der Waals surface area contributed by atoms with Crippen molar-refractivity contribution in [3.05, 3.63) is 24.0 Å². The van der Waals surface area contributed by atoms with Gasteiger partial charge in [-0.05, 0) is 45.8 Å². The zero-order valence-electron chi connectivity index (χ0n) is 10.9. The van der Waals surface area contributed by atoms with Crippen molar-refractivity contribution in [3.8, 4) is 5.75 Å². The quantitative estimate of drug-likeness (QED) is 0.818. The lowest BCUT2D eigenvalue weighted by Crippen LogP contribution is -2.29. The average molecular weight is 250 g/mol. The van der Waals surface area contributed by atoms with Crippen LogP contribution in [0.4, 0.5) is 0 Å². The molecule has 0 atom stereocenters. The lowest BCUT2D eigenvalue weighted by atomic mass is 10.1. The van der Waals surface area contributed by atoms with E-state index in [-0.39, 0.29) is 13.5 Å². The molecule has 2 rings (SSSR count). The number of hydrogen-bond donors (Lipinski definition) is 0. The number of aromatic nitrogens is 1. The third-order valence-corrected chi connectivity index (χ3v) is 2.99. The molecule has 102 valence electrons. The maximum atomic E-state index is 5.69. The van der Waals surface area contributed by atoms with Crippen molar-refractivity contribution >= 4 is 0 Å². The molecule has 0 spiro atoms. The minimum absolute atomic E-state index is 0. The van der Waals surface area contributed by atoms with E-state index in [0.29, 0.717) is 0 Å². The van der Waals surface area contributed by atoms with Gasteiger partial charge < -0.3 is 4.74 Å². The van der Waals surface area contributed by atoms with Crippen molar-refractivity contribution in [1.82, 2.24) is 9.88 Å². The van der Waals surface area contributed by atoms with Crippen molar-refractivity contribution in [2.24, 2.45) is 0 Å². The first-order valence-electron chi connectivity index (χ1n) is 6.58. The summed E-state index contributed by atoms with van der Waals surface area (Å²) in [5, 5.41) is 0. The van der Waals surface area contributed by atoms with E-state index in [9.17, 15) is 0 Å². The van der Waals surface area contributed by atoms with Crippen LogP contribution in [0.15, 0.2) is 18.3 Å². The summed E-state index contributed by atoms with van der Waals surface area (Å²) < 4.78 is 5.69. The van der Waals surface area contributed by atoms with Gasteiger partial charge in [0.25, 0.3) is 0 Å². The molecule has 1 saturated heterocycles. The van der Waals surface area contributed by atoms with Crippen molar-refractivity contribution in [2.45, 2.75) is 53.2 Å². The summed E-state index contributed by atoms with van der Waals surface area (Å²) in [5.41, 5.74) is 1.12. The minimum Gasteiger partial charge on any atom is -0.491 e. The molecule has 0 bridgehead atoms. The first-order valence-corrected chi connectivity index (χ1v) is 6.58. The zero-order chi connectivity index (χ0) is 12.1. The largest absolute Gasteiger partial charge is 0.491 e. The average Bonchev–Trinajstić information content (AvgIpc) is 2.30. The van der Waals surface area contributed by atoms with Crippen LogP contribution in [0.3, 0.4) is 0 Å². The molecule has 2 heterocycles. The minimum atomic E-state index is 0. The lowest BCUT2D eigenvalue weighted by molar-refractivity contribution is 0.216. The van der Waals surface area contributed by atoms with Crippen LogP contribution in [0.2, 0.25) is 0 Å². The number of ether oxygens (including phenoxy) is 1. The molecular weight excluding hydrogens is 224 g/mol. The molecule has 1 aliphatic rings. The molecular formula is C15H26N2O. The van der Waals surface area contributed by atoms with Crippen LogP contribution >= 0.6 is 0 Å². The van der Waals surface area contributed by atoms with E-state index in [0.717, 1.165) is 18.0 Å². The van der Waals surface area contributed by atoms with Gasteiger partial charge in [0.1, 0.15) is 5.75 Å². The normalized spacial score (nSPS) is 16.4. The van der Waals surface area contributed by atoms with Gasteiger partial charge in [0.05, 0.1) is 11.8 Å². The monoisotopic (exact) mass is 250 g/mol. The summed E-state index contributed by atoms with van der Waals surface area (Å²) in [5.74, 6) is 0.932. The van der Waals surface area contributed by atoms with E-state index in [1.54, 1.807) is 0 Å². The number of rotatable bonds is 4. The molecule has 0 saturated carbocycles. The number of nitrogens with zero attached hydrogens (tertiary/aromatic N) is 2. The van der Waals surface area contributed by atoms with E-state index < -0.39 is 0 Å². The van der Waals surface area contributed by atoms with E-state index >= 15 is 0 Å². The van der Waals surface area contributed by atoms with Crippen molar-refractivity contribution in [3.63, 3.8) is 0 Å². The molecule has 0 N–H and O–H groups in total. The number of likely N-dealkylation sites (tertiary alicyclic amines) is 1. The summed E-state index contributed by atoms with van der Waals surface area (Å²) in [6, 6.07) is 3.99. The Balaban J connectivity index is 0.00000162. The first kappa shape index (κ1) is 15.0. The molecule has 18 heavy (non-hydrogen) atoms. The number of piperidine rings is 1. The van der Waals surface area contributed by atoms with Gasteiger partial charge in [0.15, 0.2) is 0 Å². The van der Waals surface area contributed by atoms with Crippen molar-refractivity contribution in [1.29, 1.82) is 0 Å². The molecule has 0 amide bonds. The summed E-state index contributed by atoms with van der Waals surface area (Å²) in [6.45, 7) is 7.46. The van der Waals surface area contributed by atoms with Gasteiger partial charge >= 0.3 is 0 Å². The van der Waals surface area contributed by atoms with Gasteiger partial charge in [0.2, 0.25) is 0 Å². The molecule has 3 nitrogen and oxygen atoms in total. The Morgan fingerprint density at radius 3 is 2.67 bits per heavy atom. The second-order valence-electron chi connectivity index (χ2n) is 4.99. The van der Waals surface area contributed by atoms with Gasteiger partial charge in [-0.25, -0.2) is 0 Å². The van der Waals surface area contributed by atoms with Crippen LogP contribution in [-0.4, -0.2) is 29.1 Å². The van der Waals surface area contributed by atoms with Crippen LogP contribution in [0, 0.1) is 0 Å². The van der Waals surface area contributed by atoms with Gasteiger partial charge in [-0.15, -0.1) is 0 Å². The van der Waals surface area contributed by atoms with Crippen LogP contribution in [0.5, 0.6) is 5.75 Å². The van der Waals surface area contributed by atoms with Gasteiger partial charge in [-0.2, -0.15) is 0 Å². The Morgan fingerprint density at radius 2 is 2.00 bits per heavy atom. The van der Waals surface area contributed by atoms with Gasteiger partial charge in [0, 0.05) is 18.8 Å². The summed E-state index contributed by atoms with van der Waals surface area (Å²) in [6.07, 6.45) is 6.09. The van der Waals surface area contributed by atoms with Gasteiger partial charge in [-0.1, -0.05) is 13.8 Å². The lowest BCUT2D eigenvalue weighted by Gasteiger charge is -2.26. The molecule has 1 aliphatic heterocycles. The van der Waals surface area contributed by atoms with Crippen molar-refractivity contribution < 1.29 is 4.74 Å². The Morgan fingerprint density at radius 1 is 1.28 bits per heavy atom. The Hall–Kier alpha value is -1.09. The maximum Gasteiger partial charge on any atom is 0.123 e. The molecule has 1 aromatic rings. The predicted molar refractivity (Wildman–Crippen MR) is 75.9 cm³/mol. The molecule has 0 unspecified atom stereocenters. The van der Waals surface area contributed by atoms with Crippen molar-refractivity contribution in [2.75, 3.05) is 13.1 Å². The van der Waals surface area contributed by atoms with E-state index in [1.807, 2.05) is 26.1 Å². The van der Waals surface area contributed by atoms with E-state index in [1.165, 1.54) is 32.4 Å². The summed E-state index contributed by atoms with van der Waals surface area (Å²) in [7, 11) is 0. The standard InChI is InChI=1S/C14H22N2O.CH4/c1-12(2)17-14-6-7-15-13(10-14)11-16-8-4-3-5-9-16;/h6-7,10,12H,3-5,8-9,11H2,1-2H3;1H4. The highest BCUT2D eigenvalue weighted by Crippen LogP contribution is 2.16. The van der Waals surface area contributed by atoms with Crippen LogP contribution in [0.1, 0.15) is 46.2 Å². The fourth-order valence-corrected chi connectivity index (χ4v) is 2.23. The van der Waals surface area contributed by atoms with Crippen LogP contribution in [-0.2, 0) is 6.54 Å². The Labute approximate surface area is 111 Å². The Bertz CT molecular complexity index is 346. The topological polar surface area (TPSA) is 25.4 Å². The van der Waals surface area contributed by atoms with E-state index in [2.05, 4.69) is 16.0 Å². The third kappa shape index (κ3) is 4.65. The highest BCUT2D eigenvalue weighted by molar-refractivity contribution is 5.22. The summed E-state index contributed by atoms with van der Waals surface area (Å²) >= 11 is 0. The zero-order valence-corrected chi connectivity index (χ0v) is 10.9.